The van der Waals surface area contributed by atoms with Gasteiger partial charge in [-0.05, 0) is 25.8 Å². The second-order valence-corrected chi connectivity index (χ2v) is 4.22. The molecule has 0 radical (unpaired) electrons. The van der Waals surface area contributed by atoms with Crippen LogP contribution in [0.15, 0.2) is 24.3 Å². The smallest absolute Gasteiger partial charge is 0.239 e. The fraction of sp³-hybridized carbons (Fsp3) is 0.462. The Bertz CT molecular complexity index is 345. The van der Waals surface area contributed by atoms with Crippen molar-refractivity contribution in [3.8, 4) is 0 Å². The Labute approximate surface area is 97.0 Å². The van der Waals surface area contributed by atoms with E-state index in [-0.39, 0.29) is 11.9 Å². The lowest BCUT2D eigenvalue weighted by Gasteiger charge is -2.20. The molecule has 0 aromatic heterocycles. The van der Waals surface area contributed by atoms with E-state index in [2.05, 4.69) is 12.2 Å². The molecule has 16 heavy (non-hydrogen) atoms. The second kappa shape index (κ2) is 5.66. The molecule has 3 N–H and O–H groups in total. The van der Waals surface area contributed by atoms with E-state index in [1.54, 1.807) is 0 Å². The van der Waals surface area contributed by atoms with Crippen LogP contribution in [0.4, 0.5) is 0 Å². The van der Waals surface area contributed by atoms with Gasteiger partial charge in [0.2, 0.25) is 5.91 Å². The maximum Gasteiger partial charge on any atom is 0.239 e. The molecule has 1 rings (SSSR count). The number of benzene rings is 1. The van der Waals surface area contributed by atoms with E-state index in [0.29, 0.717) is 0 Å². The number of primary amides is 1. The van der Waals surface area contributed by atoms with Crippen LogP contribution in [0.3, 0.4) is 0 Å². The molecule has 0 heterocycles. The van der Waals surface area contributed by atoms with Crippen molar-refractivity contribution in [1.29, 1.82) is 0 Å². The van der Waals surface area contributed by atoms with Crippen LogP contribution < -0.4 is 11.1 Å². The number of nitrogens with one attached hydrogen (secondary N) is 1. The Hall–Kier alpha value is -1.35. The van der Waals surface area contributed by atoms with Crippen molar-refractivity contribution in [3.63, 3.8) is 0 Å². The first-order valence-corrected chi connectivity index (χ1v) is 5.66. The third-order valence-corrected chi connectivity index (χ3v) is 2.76. The highest BCUT2D eigenvalue weighted by molar-refractivity contribution is 5.81. The summed E-state index contributed by atoms with van der Waals surface area (Å²) < 4.78 is 0. The van der Waals surface area contributed by atoms with Crippen LogP contribution in [0.1, 0.15) is 37.4 Å². The van der Waals surface area contributed by atoms with Gasteiger partial charge in [-0.15, -0.1) is 0 Å². The number of amides is 1. The molecule has 0 spiro atoms. The van der Waals surface area contributed by atoms with Crippen molar-refractivity contribution in [2.75, 3.05) is 0 Å². The maximum absolute atomic E-state index is 11.4. The van der Waals surface area contributed by atoms with E-state index in [1.807, 2.05) is 38.1 Å². The summed E-state index contributed by atoms with van der Waals surface area (Å²) in [7, 11) is 0. The number of hydrogen-bond donors (Lipinski definition) is 2. The number of carbonyl (C=O) groups excluding carboxylic acids is 1. The molecule has 0 aliphatic heterocycles. The highest BCUT2D eigenvalue weighted by atomic mass is 16.1. The number of aryl methyl sites for hydroxylation is 1. The van der Waals surface area contributed by atoms with E-state index in [0.717, 1.165) is 12.0 Å². The molecule has 0 bridgehead atoms. The average Bonchev–Trinajstić information content (AvgIpc) is 2.26. The van der Waals surface area contributed by atoms with Crippen molar-refractivity contribution in [1.82, 2.24) is 5.32 Å². The zero-order chi connectivity index (χ0) is 12.1. The molecule has 2 atom stereocenters. The molecule has 88 valence electrons. The maximum atomic E-state index is 11.4. The van der Waals surface area contributed by atoms with Crippen molar-refractivity contribution in [2.45, 2.75) is 39.3 Å². The molecule has 3 heteroatoms. The first-order chi connectivity index (χ1) is 7.54. The summed E-state index contributed by atoms with van der Waals surface area (Å²) >= 11 is 0. The summed E-state index contributed by atoms with van der Waals surface area (Å²) in [5.74, 6) is -0.329. The summed E-state index contributed by atoms with van der Waals surface area (Å²) in [6.07, 6.45) is 0.968. The van der Waals surface area contributed by atoms with Crippen LogP contribution in [-0.2, 0) is 4.79 Å². The fourth-order valence-electron chi connectivity index (χ4n) is 1.50. The number of hydrogen-bond acceptors (Lipinski definition) is 2. The van der Waals surface area contributed by atoms with Gasteiger partial charge in [0.15, 0.2) is 0 Å². The van der Waals surface area contributed by atoms with Gasteiger partial charge in [-0.1, -0.05) is 36.8 Å². The standard InChI is InChI=1S/C13H20N2O/c1-4-10(3)15-12(13(14)16)11-7-5-9(2)6-8-11/h5-8,10,12,15H,4H2,1-3H3,(H2,14,16). The Morgan fingerprint density at radius 3 is 2.38 bits per heavy atom. The number of nitrogens with two attached hydrogens (primary N) is 1. The van der Waals surface area contributed by atoms with Crippen LogP contribution in [0.25, 0.3) is 0 Å². The lowest BCUT2D eigenvalue weighted by Crippen LogP contribution is -2.38. The minimum absolute atomic E-state index is 0.277. The number of rotatable bonds is 5. The predicted molar refractivity (Wildman–Crippen MR) is 66.0 cm³/mol. The highest BCUT2D eigenvalue weighted by Gasteiger charge is 2.18. The summed E-state index contributed by atoms with van der Waals surface area (Å²) in [5.41, 5.74) is 7.51. The third-order valence-electron chi connectivity index (χ3n) is 2.76. The van der Waals surface area contributed by atoms with Gasteiger partial charge in [0.1, 0.15) is 6.04 Å². The monoisotopic (exact) mass is 220 g/mol. The van der Waals surface area contributed by atoms with E-state index in [9.17, 15) is 4.79 Å². The van der Waals surface area contributed by atoms with Crippen LogP contribution >= 0.6 is 0 Å². The van der Waals surface area contributed by atoms with Crippen molar-refractivity contribution >= 4 is 5.91 Å². The SMILES string of the molecule is CCC(C)NC(C(N)=O)c1ccc(C)cc1. The van der Waals surface area contributed by atoms with Gasteiger partial charge in [-0.2, -0.15) is 0 Å². The fourth-order valence-corrected chi connectivity index (χ4v) is 1.50. The van der Waals surface area contributed by atoms with Gasteiger partial charge in [0.05, 0.1) is 0 Å². The van der Waals surface area contributed by atoms with Crippen molar-refractivity contribution in [2.24, 2.45) is 5.73 Å². The lowest BCUT2D eigenvalue weighted by molar-refractivity contribution is -0.120. The summed E-state index contributed by atoms with van der Waals surface area (Å²) in [6, 6.07) is 7.75. The van der Waals surface area contributed by atoms with Gasteiger partial charge in [-0.3, -0.25) is 10.1 Å². The Morgan fingerprint density at radius 2 is 1.94 bits per heavy atom. The summed E-state index contributed by atoms with van der Waals surface area (Å²) in [5, 5.41) is 3.23. The quantitative estimate of drug-likeness (QED) is 0.796. The van der Waals surface area contributed by atoms with Crippen LogP contribution in [0.2, 0.25) is 0 Å². The van der Waals surface area contributed by atoms with Crippen LogP contribution in [-0.4, -0.2) is 11.9 Å². The van der Waals surface area contributed by atoms with Gasteiger partial charge in [-0.25, -0.2) is 0 Å². The van der Waals surface area contributed by atoms with E-state index < -0.39 is 6.04 Å². The van der Waals surface area contributed by atoms with Gasteiger partial charge in [0.25, 0.3) is 0 Å². The first-order valence-electron chi connectivity index (χ1n) is 5.66. The van der Waals surface area contributed by atoms with Gasteiger partial charge in [0, 0.05) is 6.04 Å². The Kier molecular flexibility index (Phi) is 4.50. The van der Waals surface area contributed by atoms with Crippen LogP contribution in [0.5, 0.6) is 0 Å². The molecular weight excluding hydrogens is 200 g/mol. The lowest BCUT2D eigenvalue weighted by atomic mass is 10.0. The van der Waals surface area contributed by atoms with E-state index >= 15 is 0 Å². The molecule has 0 saturated heterocycles. The molecule has 1 aromatic rings. The van der Waals surface area contributed by atoms with E-state index in [1.165, 1.54) is 5.56 Å². The summed E-state index contributed by atoms with van der Waals surface area (Å²) in [6.45, 7) is 6.14. The molecule has 0 fully saturated rings. The van der Waals surface area contributed by atoms with Crippen LogP contribution in [0, 0.1) is 6.92 Å². The van der Waals surface area contributed by atoms with Gasteiger partial charge >= 0.3 is 0 Å². The predicted octanol–water partition coefficient (Wildman–Crippen LogP) is 1.91. The summed E-state index contributed by atoms with van der Waals surface area (Å²) in [4.78, 5) is 11.4. The van der Waals surface area contributed by atoms with Crippen molar-refractivity contribution in [3.05, 3.63) is 35.4 Å². The zero-order valence-corrected chi connectivity index (χ0v) is 10.2. The van der Waals surface area contributed by atoms with E-state index in [4.69, 9.17) is 5.73 Å². The average molecular weight is 220 g/mol. The first kappa shape index (κ1) is 12.7. The Morgan fingerprint density at radius 1 is 1.38 bits per heavy atom. The molecular formula is C13H20N2O. The molecule has 0 saturated carbocycles. The van der Waals surface area contributed by atoms with Gasteiger partial charge < -0.3 is 5.73 Å². The zero-order valence-electron chi connectivity index (χ0n) is 10.2. The Balaban J connectivity index is 2.85. The molecule has 0 aliphatic rings. The molecule has 1 amide bonds. The largest absolute Gasteiger partial charge is 0.368 e. The normalized spacial score (nSPS) is 14.4. The minimum atomic E-state index is -0.393. The minimum Gasteiger partial charge on any atom is -0.368 e. The molecule has 3 nitrogen and oxygen atoms in total. The third kappa shape index (κ3) is 3.35. The molecule has 1 aromatic carbocycles. The number of carbonyl (C=O) groups is 1. The molecule has 2 unspecified atom stereocenters. The van der Waals surface area contributed by atoms with Crippen molar-refractivity contribution < 1.29 is 4.79 Å². The molecule has 0 aliphatic carbocycles. The highest BCUT2D eigenvalue weighted by Crippen LogP contribution is 2.14. The second-order valence-electron chi connectivity index (χ2n) is 4.22. The topological polar surface area (TPSA) is 55.1 Å².